The number of alkyl halides is 3. The van der Waals surface area contributed by atoms with Gasteiger partial charge in [-0.15, -0.1) is 0 Å². The first-order valence-electron chi connectivity index (χ1n) is 9.20. The van der Waals surface area contributed by atoms with Gasteiger partial charge in [-0.05, 0) is 30.9 Å². The number of nitrogens with one attached hydrogen (secondary N) is 1. The zero-order valence-corrected chi connectivity index (χ0v) is 14.7. The monoisotopic (exact) mass is 356 g/mol. The highest BCUT2D eigenvalue weighted by molar-refractivity contribution is 5.41. The van der Waals surface area contributed by atoms with Crippen molar-refractivity contribution in [2.75, 3.05) is 33.3 Å². The van der Waals surface area contributed by atoms with E-state index in [-0.39, 0.29) is 6.04 Å². The number of piperazine rings is 1. The average molecular weight is 356 g/mol. The lowest BCUT2D eigenvalue weighted by Gasteiger charge is -2.41. The van der Waals surface area contributed by atoms with Crippen molar-refractivity contribution in [3.63, 3.8) is 0 Å². The molecule has 0 unspecified atom stereocenters. The van der Waals surface area contributed by atoms with Crippen LogP contribution in [0.3, 0.4) is 0 Å². The minimum atomic E-state index is -4.35. The van der Waals surface area contributed by atoms with E-state index in [1.807, 2.05) is 0 Å². The first-order chi connectivity index (χ1) is 12.0. The molecular weight excluding hydrogens is 329 g/mol. The van der Waals surface area contributed by atoms with Crippen molar-refractivity contribution < 1.29 is 17.9 Å². The maximum absolute atomic E-state index is 13.1. The van der Waals surface area contributed by atoms with Gasteiger partial charge in [0, 0.05) is 37.8 Å². The van der Waals surface area contributed by atoms with E-state index in [4.69, 9.17) is 4.74 Å². The standard InChI is InChI=1S/C19H27F3N2O/c1-25-17-13-15(19(20,21)22)7-8-16(17)18(14-5-3-2-4-6-14)24-11-9-23-10-12-24/h7-8,13-14,18,23H,2-6,9-12H2,1H3/t18-/m0/s1. The Kier molecular flexibility index (Phi) is 5.89. The quantitative estimate of drug-likeness (QED) is 0.873. The van der Waals surface area contributed by atoms with Crippen molar-refractivity contribution in [2.45, 2.75) is 44.3 Å². The lowest BCUT2D eigenvalue weighted by molar-refractivity contribution is -0.137. The summed E-state index contributed by atoms with van der Waals surface area (Å²) >= 11 is 0. The van der Waals surface area contributed by atoms with Crippen molar-refractivity contribution >= 4 is 0 Å². The molecule has 0 amide bonds. The third kappa shape index (κ3) is 4.29. The molecule has 25 heavy (non-hydrogen) atoms. The summed E-state index contributed by atoms with van der Waals surface area (Å²) in [6.45, 7) is 3.69. The third-order valence-corrected chi connectivity index (χ3v) is 5.52. The van der Waals surface area contributed by atoms with E-state index < -0.39 is 11.7 Å². The van der Waals surface area contributed by atoms with Crippen LogP contribution in [0.2, 0.25) is 0 Å². The van der Waals surface area contributed by atoms with E-state index in [0.29, 0.717) is 11.7 Å². The van der Waals surface area contributed by atoms with Crippen molar-refractivity contribution in [1.29, 1.82) is 0 Å². The molecule has 1 aromatic rings. The van der Waals surface area contributed by atoms with Gasteiger partial charge in [-0.25, -0.2) is 0 Å². The summed E-state index contributed by atoms with van der Waals surface area (Å²) in [4.78, 5) is 2.43. The van der Waals surface area contributed by atoms with Crippen molar-refractivity contribution in [3.8, 4) is 5.75 Å². The van der Waals surface area contributed by atoms with Crippen LogP contribution in [0.4, 0.5) is 13.2 Å². The van der Waals surface area contributed by atoms with Gasteiger partial charge in [0.1, 0.15) is 5.75 Å². The fourth-order valence-electron chi connectivity index (χ4n) is 4.29. The summed E-state index contributed by atoms with van der Waals surface area (Å²) in [5.74, 6) is 0.849. The van der Waals surface area contributed by atoms with E-state index in [2.05, 4.69) is 10.2 Å². The molecule has 0 aromatic heterocycles. The maximum Gasteiger partial charge on any atom is 0.416 e. The Bertz CT molecular complexity index is 546. The van der Waals surface area contributed by atoms with E-state index in [0.717, 1.165) is 50.7 Å². The fourth-order valence-corrected chi connectivity index (χ4v) is 4.29. The second-order valence-corrected chi connectivity index (χ2v) is 7.08. The molecule has 1 atom stereocenters. The van der Waals surface area contributed by atoms with Crippen LogP contribution >= 0.6 is 0 Å². The molecule has 0 bridgehead atoms. The van der Waals surface area contributed by atoms with Crippen molar-refractivity contribution in [3.05, 3.63) is 29.3 Å². The summed E-state index contributed by atoms with van der Waals surface area (Å²) in [6, 6.07) is 4.14. The smallest absolute Gasteiger partial charge is 0.416 e. The number of hydrogen-bond acceptors (Lipinski definition) is 3. The molecule has 6 heteroatoms. The van der Waals surface area contributed by atoms with Crippen LogP contribution in [-0.2, 0) is 6.18 Å². The molecule has 0 radical (unpaired) electrons. The molecule has 2 fully saturated rings. The second-order valence-electron chi connectivity index (χ2n) is 7.08. The number of hydrogen-bond donors (Lipinski definition) is 1. The lowest BCUT2D eigenvalue weighted by atomic mass is 9.79. The summed E-state index contributed by atoms with van der Waals surface area (Å²) in [6.07, 6.45) is 1.60. The molecule has 1 aliphatic heterocycles. The van der Waals surface area contributed by atoms with E-state index in [1.54, 1.807) is 6.07 Å². The number of methoxy groups -OCH3 is 1. The van der Waals surface area contributed by atoms with Crippen molar-refractivity contribution in [2.24, 2.45) is 5.92 Å². The van der Waals surface area contributed by atoms with Gasteiger partial charge in [-0.2, -0.15) is 13.2 Å². The fraction of sp³-hybridized carbons (Fsp3) is 0.684. The molecule has 1 heterocycles. The highest BCUT2D eigenvalue weighted by atomic mass is 19.4. The van der Waals surface area contributed by atoms with Gasteiger partial charge < -0.3 is 10.1 Å². The topological polar surface area (TPSA) is 24.5 Å². The Labute approximate surface area is 147 Å². The van der Waals surface area contributed by atoms with E-state index in [9.17, 15) is 13.2 Å². The third-order valence-electron chi connectivity index (χ3n) is 5.52. The highest BCUT2D eigenvalue weighted by Gasteiger charge is 2.35. The minimum Gasteiger partial charge on any atom is -0.496 e. The Hall–Kier alpha value is -1.27. The Morgan fingerprint density at radius 3 is 2.40 bits per heavy atom. The van der Waals surface area contributed by atoms with Crippen LogP contribution in [0.25, 0.3) is 0 Å². The van der Waals surface area contributed by atoms with E-state index in [1.165, 1.54) is 32.4 Å². The maximum atomic E-state index is 13.1. The van der Waals surface area contributed by atoms with Gasteiger partial charge in [-0.1, -0.05) is 25.3 Å². The van der Waals surface area contributed by atoms with Crippen LogP contribution in [-0.4, -0.2) is 38.2 Å². The average Bonchev–Trinajstić information content (AvgIpc) is 2.63. The summed E-state index contributed by atoms with van der Waals surface area (Å²) < 4.78 is 44.6. The van der Waals surface area contributed by atoms with Gasteiger partial charge in [-0.3, -0.25) is 4.90 Å². The van der Waals surface area contributed by atoms with Crippen LogP contribution in [0.5, 0.6) is 5.75 Å². The molecule has 2 aliphatic rings. The first kappa shape index (κ1) is 18.5. The molecule has 1 aromatic carbocycles. The number of halogens is 3. The Balaban J connectivity index is 1.96. The normalized spacial score (nSPS) is 21.9. The zero-order valence-electron chi connectivity index (χ0n) is 14.7. The van der Waals surface area contributed by atoms with Gasteiger partial charge in [0.05, 0.1) is 12.7 Å². The number of benzene rings is 1. The summed E-state index contributed by atoms with van der Waals surface area (Å²) in [5, 5.41) is 3.36. The summed E-state index contributed by atoms with van der Waals surface area (Å²) in [7, 11) is 1.47. The van der Waals surface area contributed by atoms with Gasteiger partial charge in [0.25, 0.3) is 0 Å². The van der Waals surface area contributed by atoms with Crippen LogP contribution in [0, 0.1) is 5.92 Å². The SMILES string of the molecule is COc1cc(C(F)(F)F)ccc1[C@H](C1CCCCC1)N1CCNCC1. The van der Waals surface area contributed by atoms with Crippen LogP contribution in [0.15, 0.2) is 18.2 Å². The number of ether oxygens (including phenoxy) is 1. The zero-order chi connectivity index (χ0) is 17.9. The number of nitrogens with zero attached hydrogens (tertiary/aromatic N) is 1. The number of rotatable bonds is 4. The Morgan fingerprint density at radius 2 is 1.80 bits per heavy atom. The molecular formula is C19H27F3N2O. The molecule has 3 rings (SSSR count). The lowest BCUT2D eigenvalue weighted by Crippen LogP contribution is -2.47. The second kappa shape index (κ2) is 7.96. The molecule has 1 saturated carbocycles. The van der Waals surface area contributed by atoms with Gasteiger partial charge in [0.2, 0.25) is 0 Å². The molecule has 1 aliphatic carbocycles. The van der Waals surface area contributed by atoms with Crippen LogP contribution < -0.4 is 10.1 Å². The van der Waals surface area contributed by atoms with Gasteiger partial charge in [0.15, 0.2) is 0 Å². The Morgan fingerprint density at radius 1 is 1.12 bits per heavy atom. The minimum absolute atomic E-state index is 0.139. The van der Waals surface area contributed by atoms with Crippen LogP contribution in [0.1, 0.15) is 49.3 Å². The molecule has 0 spiro atoms. The first-order valence-corrected chi connectivity index (χ1v) is 9.20. The summed E-state index contributed by atoms with van der Waals surface area (Å²) in [5.41, 5.74) is 0.264. The predicted octanol–water partition coefficient (Wildman–Crippen LogP) is 4.24. The molecule has 140 valence electrons. The van der Waals surface area contributed by atoms with Gasteiger partial charge >= 0.3 is 6.18 Å². The largest absolute Gasteiger partial charge is 0.496 e. The molecule has 1 N–H and O–H groups in total. The molecule has 1 saturated heterocycles. The molecule has 3 nitrogen and oxygen atoms in total. The van der Waals surface area contributed by atoms with Crippen molar-refractivity contribution in [1.82, 2.24) is 10.2 Å². The van der Waals surface area contributed by atoms with E-state index >= 15 is 0 Å². The predicted molar refractivity (Wildman–Crippen MR) is 91.8 cm³/mol. The highest BCUT2D eigenvalue weighted by Crippen LogP contribution is 2.43.